The van der Waals surface area contributed by atoms with Gasteiger partial charge in [-0.3, -0.25) is 32.5 Å². The van der Waals surface area contributed by atoms with Crippen molar-refractivity contribution in [3.05, 3.63) is 91.9 Å². The van der Waals surface area contributed by atoms with Crippen molar-refractivity contribution in [2.75, 3.05) is 40.9 Å². The number of phosphoric acid groups is 2. The van der Waals surface area contributed by atoms with E-state index in [2.05, 4.69) is 9.41 Å². The van der Waals surface area contributed by atoms with E-state index >= 15 is 0 Å². The maximum atomic E-state index is 13.0. The molecule has 2 aliphatic carbocycles. The van der Waals surface area contributed by atoms with Crippen LogP contribution in [-0.2, 0) is 79.6 Å². The first-order valence-electron chi connectivity index (χ1n) is 20.4. The van der Waals surface area contributed by atoms with Gasteiger partial charge in [0.05, 0.1) is 20.8 Å². The molecule has 4 rings (SSSR count). The second-order valence-corrected chi connectivity index (χ2v) is 20.3. The Balaban J connectivity index is 0. The van der Waals surface area contributed by atoms with Crippen LogP contribution >= 0.6 is 27.2 Å². The van der Waals surface area contributed by atoms with Gasteiger partial charge in [0.15, 0.2) is 11.6 Å². The van der Waals surface area contributed by atoms with E-state index in [0.29, 0.717) is 46.8 Å². The molecule has 0 spiro atoms. The summed E-state index contributed by atoms with van der Waals surface area (Å²) in [6.07, 6.45) is 5.68. The van der Waals surface area contributed by atoms with Gasteiger partial charge in [0, 0.05) is 31.2 Å². The van der Waals surface area contributed by atoms with Crippen molar-refractivity contribution in [2.24, 2.45) is 10.8 Å². The SMILES string of the molecule is COC1=C(C)/C(=C\CCl)OC1=O.COC1=C(C)/C(=C\COP(=O)(OC)OC2CC(C)(C)C(C=C(C)C)=C(C)C2=O)OC1=O.COP(=O)([O-])OC1CC(C)(C)C(C=C(C)C)=C(C)C1=O.O=CO[O-].[Na+].[Na+]. The predicted molar refractivity (Wildman–Crippen MR) is 242 cm³/mol. The summed E-state index contributed by atoms with van der Waals surface area (Å²) in [5.74, 6) is -0.209. The number of alkyl halides is 1. The van der Waals surface area contributed by atoms with E-state index in [-0.39, 0.29) is 112 Å². The van der Waals surface area contributed by atoms with Crippen molar-refractivity contribution in [3.63, 3.8) is 0 Å². The van der Waals surface area contributed by atoms with Crippen molar-refractivity contribution in [2.45, 2.75) is 108 Å². The third kappa shape index (κ3) is 20.3. The molecular formula is C45H63ClNa2O19P2. The average molecular weight is 1050 g/mol. The van der Waals surface area contributed by atoms with Gasteiger partial charge < -0.3 is 43.0 Å². The number of hydrogen-bond acceptors (Lipinski definition) is 19. The molecule has 0 aromatic heterocycles. The van der Waals surface area contributed by atoms with Gasteiger partial charge in [-0.05, 0) is 114 Å². The first kappa shape index (κ1) is 68.8. The zero-order valence-corrected chi connectivity index (χ0v) is 49.4. The van der Waals surface area contributed by atoms with Crippen molar-refractivity contribution in [3.8, 4) is 0 Å². The summed E-state index contributed by atoms with van der Waals surface area (Å²) in [7, 11) is -3.45. The number of ketones is 2. The van der Waals surface area contributed by atoms with Gasteiger partial charge in [0.1, 0.15) is 23.7 Å². The van der Waals surface area contributed by atoms with Crippen molar-refractivity contribution >= 4 is 57.2 Å². The Morgan fingerprint density at radius 2 is 1.07 bits per heavy atom. The standard InChI is InChI=1S/C22H31O8P.C14H23O5P.C8H9ClO3.CH2O3.2Na/c1-13(2)11-16-14(3)19(23)18(12-22(16,5)6)30-31(25,27-8)28-10-9-17-15(4)20(26-7)21(24)29-17;1-9(2)7-11-10(3)13(15)12(8-14(11,4)5)19-20(16,17)18-6;1-5-6(3-4-9)12-8(10)7(5)11-2;2-1-4-3;;/h9,11,18H,10,12H2,1-8H3;7,12H,8H2,1-6H3,(H,16,17);3H,4H2,1-2H3;1,3H;;/q;;;;2*+1/p-2/b17-9+;;6-3+;;;. The molecule has 69 heavy (non-hydrogen) atoms. The predicted octanol–water partition coefficient (Wildman–Crippen LogP) is 1.58. The van der Waals surface area contributed by atoms with E-state index < -0.39 is 39.8 Å². The fourth-order valence-corrected chi connectivity index (χ4v) is 8.74. The molecule has 24 heteroatoms. The number of esters is 2. The van der Waals surface area contributed by atoms with Gasteiger partial charge in [-0.15, -0.1) is 11.6 Å². The maximum Gasteiger partial charge on any atom is 1.00 e. The zero-order chi connectivity index (χ0) is 51.8. The Morgan fingerprint density at radius 3 is 1.38 bits per heavy atom. The molecule has 0 aromatic rings. The average Bonchev–Trinajstić information content (AvgIpc) is 3.68. The molecule has 0 bridgehead atoms. The minimum absolute atomic E-state index is 0. The summed E-state index contributed by atoms with van der Waals surface area (Å²) >= 11 is 5.45. The van der Waals surface area contributed by atoms with Crippen molar-refractivity contribution < 1.29 is 149 Å². The van der Waals surface area contributed by atoms with Crippen LogP contribution in [0.3, 0.4) is 0 Å². The van der Waals surface area contributed by atoms with Gasteiger partial charge in [0.25, 0.3) is 14.3 Å². The van der Waals surface area contributed by atoms with Crippen LogP contribution in [0.15, 0.2) is 91.9 Å². The topological polar surface area (TPSA) is 258 Å². The van der Waals surface area contributed by atoms with Crippen molar-refractivity contribution in [1.29, 1.82) is 0 Å². The van der Waals surface area contributed by atoms with Crippen LogP contribution < -0.4 is 69.3 Å². The molecular weight excluding hydrogens is 988 g/mol. The first-order valence-corrected chi connectivity index (χ1v) is 23.9. The molecule has 4 unspecified atom stereocenters. The second kappa shape index (κ2) is 30.7. The normalized spacial score (nSPS) is 22.1. The van der Waals surface area contributed by atoms with Gasteiger partial charge in [-0.25, -0.2) is 14.2 Å². The maximum absolute atomic E-state index is 13.0. The van der Waals surface area contributed by atoms with Crippen LogP contribution in [0.4, 0.5) is 0 Å². The summed E-state index contributed by atoms with van der Waals surface area (Å²) in [5.41, 5.74) is 5.65. The van der Waals surface area contributed by atoms with E-state index in [1.807, 2.05) is 67.5 Å². The molecule has 376 valence electrons. The molecule has 4 atom stereocenters. The van der Waals surface area contributed by atoms with Gasteiger partial charge >= 0.3 is 78.9 Å². The number of allylic oxidation sites excluding steroid dienone is 9. The number of halogens is 1. The largest absolute Gasteiger partial charge is 1.00 e. The first-order chi connectivity index (χ1) is 31.0. The monoisotopic (exact) mass is 1050 g/mol. The number of carbonyl (C=O) groups is 5. The van der Waals surface area contributed by atoms with E-state index in [9.17, 15) is 33.2 Å². The minimum Gasteiger partial charge on any atom is -0.756 e. The number of cyclic esters (lactones) is 2. The third-order valence-electron chi connectivity index (χ3n) is 10.2. The third-order valence-corrected chi connectivity index (χ3v) is 12.8. The van der Waals surface area contributed by atoms with Gasteiger partial charge in [-0.1, -0.05) is 51.0 Å². The molecule has 2 aliphatic heterocycles. The van der Waals surface area contributed by atoms with Gasteiger partial charge in [-0.2, -0.15) is 0 Å². The zero-order valence-electron chi connectivity index (χ0n) is 42.9. The molecule has 0 amide bonds. The Kier molecular flexibility index (Phi) is 30.6. The Labute approximate surface area is 454 Å². The second-order valence-electron chi connectivity index (χ2n) is 16.7. The Morgan fingerprint density at radius 1 is 0.696 bits per heavy atom. The van der Waals surface area contributed by atoms with Gasteiger partial charge in [0.2, 0.25) is 11.5 Å². The smallest absolute Gasteiger partial charge is 0.756 e. The summed E-state index contributed by atoms with van der Waals surface area (Å²) in [4.78, 5) is 70.5. The fraction of sp³-hybridized carbons (Fsp3) is 0.533. The minimum atomic E-state index is -4.42. The Hall–Kier alpha value is -2.26. The number of methoxy groups -OCH3 is 2. The van der Waals surface area contributed by atoms with E-state index in [4.69, 9.17) is 58.7 Å². The fourth-order valence-electron chi connectivity index (χ4n) is 7.04. The van der Waals surface area contributed by atoms with E-state index in [1.54, 1.807) is 33.8 Å². The van der Waals surface area contributed by atoms with Crippen molar-refractivity contribution in [1.82, 2.24) is 0 Å². The number of hydrogen-bond donors (Lipinski definition) is 0. The van der Waals surface area contributed by atoms with E-state index in [1.165, 1.54) is 27.4 Å². The molecule has 0 saturated carbocycles. The van der Waals surface area contributed by atoms with Crippen LogP contribution in [0.2, 0.25) is 0 Å². The van der Waals surface area contributed by atoms with Crippen LogP contribution in [-0.4, -0.2) is 83.1 Å². The molecule has 4 aliphatic rings. The molecule has 0 N–H and O–H groups in total. The number of rotatable bonds is 15. The molecule has 2 heterocycles. The van der Waals surface area contributed by atoms with Crippen LogP contribution in [0.1, 0.15) is 95.9 Å². The molecule has 0 saturated heterocycles. The quantitative estimate of drug-likeness (QED) is 0.0429. The Bertz CT molecular complexity index is 2240. The molecule has 0 radical (unpaired) electrons. The number of ether oxygens (including phenoxy) is 4. The summed E-state index contributed by atoms with van der Waals surface area (Å²) in [5, 5.41) is 8.43. The molecule has 0 aromatic carbocycles. The number of phosphoric ester groups is 2. The van der Waals surface area contributed by atoms with Crippen LogP contribution in [0.5, 0.6) is 0 Å². The summed E-state index contributed by atoms with van der Waals surface area (Å²) in [6, 6.07) is 0. The molecule has 19 nitrogen and oxygen atoms in total. The van der Waals surface area contributed by atoms with E-state index in [0.717, 1.165) is 29.4 Å². The molecule has 0 fully saturated rings. The van der Waals surface area contributed by atoms with Crippen LogP contribution in [0.25, 0.3) is 0 Å². The number of carbonyl (C=O) groups excluding carboxylic acids is 5. The van der Waals surface area contributed by atoms with Crippen LogP contribution in [0, 0.1) is 10.8 Å². The number of Topliss-reactive ketones (excluding diaryl/α,β-unsaturated/α-hetero) is 2. The summed E-state index contributed by atoms with van der Waals surface area (Å²) < 4.78 is 69.2. The summed E-state index contributed by atoms with van der Waals surface area (Å²) in [6.45, 7) is 22.3.